The molecule has 1 heterocycles. The number of nitrogens with one attached hydrogen (secondary N) is 2. The molecule has 0 bridgehead atoms. The molecule has 1 saturated heterocycles. The van der Waals surface area contributed by atoms with Gasteiger partial charge in [-0.05, 0) is 60.5 Å². The Morgan fingerprint density at radius 1 is 1.00 bits per heavy atom. The van der Waals surface area contributed by atoms with Gasteiger partial charge in [-0.25, -0.2) is 0 Å². The summed E-state index contributed by atoms with van der Waals surface area (Å²) in [6.45, 7) is 3.85. The third-order valence-electron chi connectivity index (χ3n) is 4.81. The van der Waals surface area contributed by atoms with Gasteiger partial charge in [-0.1, -0.05) is 36.4 Å². The molecular weight excluding hydrogens is 414 g/mol. The molecule has 0 radical (unpaired) electrons. The smallest absolute Gasteiger partial charge is 0.293 e. The van der Waals surface area contributed by atoms with E-state index in [4.69, 9.17) is 0 Å². The third-order valence-corrected chi connectivity index (χ3v) is 5.71. The van der Waals surface area contributed by atoms with Crippen LogP contribution in [-0.2, 0) is 9.59 Å². The van der Waals surface area contributed by atoms with E-state index in [1.54, 1.807) is 18.2 Å². The second-order valence-corrected chi connectivity index (χ2v) is 8.07. The van der Waals surface area contributed by atoms with E-state index in [0.29, 0.717) is 10.5 Å². The minimum atomic E-state index is -0.399. The summed E-state index contributed by atoms with van der Waals surface area (Å²) < 4.78 is 0. The van der Waals surface area contributed by atoms with Crippen LogP contribution >= 0.6 is 11.8 Å². The molecule has 0 aliphatic carbocycles. The number of amides is 4. The summed E-state index contributed by atoms with van der Waals surface area (Å²) in [4.78, 5) is 50.2. The van der Waals surface area contributed by atoms with Gasteiger partial charge in [0, 0.05) is 18.7 Å². The van der Waals surface area contributed by atoms with Gasteiger partial charge in [0.25, 0.3) is 17.1 Å². The molecule has 1 aliphatic heterocycles. The number of rotatable bonds is 7. The van der Waals surface area contributed by atoms with Crippen molar-refractivity contribution in [3.8, 4) is 0 Å². The minimum absolute atomic E-state index is 0.0631. The fourth-order valence-electron chi connectivity index (χ4n) is 2.91. The predicted octanol–water partition coefficient (Wildman–Crippen LogP) is 2.89. The van der Waals surface area contributed by atoms with Gasteiger partial charge in [-0.3, -0.25) is 24.1 Å². The lowest BCUT2D eigenvalue weighted by atomic mass is 10.1. The van der Waals surface area contributed by atoms with Gasteiger partial charge < -0.3 is 10.6 Å². The molecule has 3 rings (SSSR count). The average molecular weight is 438 g/mol. The van der Waals surface area contributed by atoms with Gasteiger partial charge in [0.1, 0.15) is 0 Å². The topological polar surface area (TPSA) is 95.6 Å². The fourth-order valence-corrected chi connectivity index (χ4v) is 3.77. The van der Waals surface area contributed by atoms with Crippen LogP contribution < -0.4 is 10.6 Å². The number of thioether (sulfide) groups is 1. The first-order valence-corrected chi connectivity index (χ1v) is 10.6. The van der Waals surface area contributed by atoms with Crippen LogP contribution in [-0.4, -0.2) is 47.5 Å². The lowest BCUT2D eigenvalue weighted by Gasteiger charge is -2.13. The highest BCUT2D eigenvalue weighted by molar-refractivity contribution is 8.18. The predicted molar refractivity (Wildman–Crippen MR) is 120 cm³/mol. The van der Waals surface area contributed by atoms with Gasteiger partial charge in [-0.2, -0.15) is 0 Å². The molecule has 0 aromatic heterocycles. The molecule has 0 saturated carbocycles. The van der Waals surface area contributed by atoms with Crippen LogP contribution in [0.15, 0.2) is 53.4 Å². The number of hydrogen-bond donors (Lipinski definition) is 2. The summed E-state index contributed by atoms with van der Waals surface area (Å²) in [5.41, 5.74) is 3.40. The van der Waals surface area contributed by atoms with Gasteiger partial charge in [0.15, 0.2) is 0 Å². The molecule has 0 unspecified atom stereocenters. The molecule has 0 spiro atoms. The van der Waals surface area contributed by atoms with Crippen LogP contribution in [0.2, 0.25) is 0 Å². The third kappa shape index (κ3) is 5.82. The van der Waals surface area contributed by atoms with Gasteiger partial charge in [0.05, 0.1) is 11.4 Å². The maximum atomic E-state index is 12.5. The Morgan fingerprint density at radius 2 is 1.74 bits per heavy atom. The lowest BCUT2D eigenvalue weighted by molar-refractivity contribution is -0.124. The Bertz CT molecular complexity index is 1050. The van der Waals surface area contributed by atoms with E-state index in [0.717, 1.165) is 33.4 Å². The van der Waals surface area contributed by atoms with E-state index in [1.807, 2.05) is 50.2 Å². The van der Waals surface area contributed by atoms with Crippen molar-refractivity contribution < 1.29 is 19.2 Å². The standard InChI is InChI=1S/C23H23N3O4S/c1-15-8-9-18(12-16(15)2)21(28)25-14-20(27)24-10-11-26-22(29)19(31-23(26)30)13-17-6-4-3-5-7-17/h3-9,12-13H,10-11,14H2,1-2H3,(H,24,27)(H,25,28)/b19-13-. The average Bonchev–Trinajstić information content (AvgIpc) is 3.02. The first-order chi connectivity index (χ1) is 14.8. The highest BCUT2D eigenvalue weighted by Crippen LogP contribution is 2.31. The Kier molecular flexibility index (Phi) is 7.25. The Morgan fingerprint density at radius 3 is 2.45 bits per heavy atom. The second-order valence-electron chi connectivity index (χ2n) is 7.08. The van der Waals surface area contributed by atoms with E-state index in [1.165, 1.54) is 0 Å². The Labute approximate surface area is 184 Å². The number of aryl methyl sites for hydroxylation is 2. The van der Waals surface area contributed by atoms with Gasteiger partial charge in [0.2, 0.25) is 5.91 Å². The molecule has 7 nitrogen and oxygen atoms in total. The summed E-state index contributed by atoms with van der Waals surface area (Å²) in [7, 11) is 0. The van der Waals surface area contributed by atoms with Crippen molar-refractivity contribution in [1.82, 2.24) is 15.5 Å². The van der Waals surface area contributed by atoms with Crippen molar-refractivity contribution in [3.05, 3.63) is 75.7 Å². The molecule has 4 amide bonds. The van der Waals surface area contributed by atoms with E-state index in [2.05, 4.69) is 10.6 Å². The zero-order chi connectivity index (χ0) is 22.4. The number of carbonyl (C=O) groups is 4. The number of benzene rings is 2. The van der Waals surface area contributed by atoms with Crippen LogP contribution in [0, 0.1) is 13.8 Å². The van der Waals surface area contributed by atoms with Crippen LogP contribution in [0.5, 0.6) is 0 Å². The van der Waals surface area contributed by atoms with E-state index in [-0.39, 0.29) is 36.7 Å². The molecule has 31 heavy (non-hydrogen) atoms. The fraction of sp³-hybridized carbons (Fsp3) is 0.217. The van der Waals surface area contributed by atoms with Crippen molar-refractivity contribution >= 4 is 40.8 Å². The van der Waals surface area contributed by atoms with Crippen molar-refractivity contribution in [1.29, 1.82) is 0 Å². The second kappa shape index (κ2) is 10.1. The monoisotopic (exact) mass is 437 g/mol. The summed E-state index contributed by atoms with van der Waals surface area (Å²) in [5.74, 6) is -1.12. The lowest BCUT2D eigenvalue weighted by Crippen LogP contribution is -2.41. The number of carbonyl (C=O) groups excluding carboxylic acids is 4. The van der Waals surface area contributed by atoms with E-state index >= 15 is 0 Å². The maximum Gasteiger partial charge on any atom is 0.293 e. The Hall–Kier alpha value is -3.39. The summed E-state index contributed by atoms with van der Waals surface area (Å²) in [5, 5.41) is 4.81. The van der Waals surface area contributed by atoms with Crippen LogP contribution in [0.1, 0.15) is 27.0 Å². The maximum absolute atomic E-state index is 12.5. The summed E-state index contributed by atoms with van der Waals surface area (Å²) >= 11 is 0.878. The van der Waals surface area contributed by atoms with Crippen LogP contribution in [0.3, 0.4) is 0 Å². The largest absolute Gasteiger partial charge is 0.353 e. The zero-order valence-electron chi connectivity index (χ0n) is 17.3. The quantitative estimate of drug-likeness (QED) is 0.650. The van der Waals surface area contributed by atoms with Crippen LogP contribution in [0.4, 0.5) is 4.79 Å². The van der Waals surface area contributed by atoms with Crippen molar-refractivity contribution in [3.63, 3.8) is 0 Å². The molecule has 0 atom stereocenters. The normalized spacial score (nSPS) is 14.8. The number of nitrogens with zero attached hydrogens (tertiary/aromatic N) is 1. The molecule has 160 valence electrons. The summed E-state index contributed by atoms with van der Waals surface area (Å²) in [6, 6.07) is 14.6. The SMILES string of the molecule is Cc1ccc(C(=O)NCC(=O)NCCN2C(=O)S/C(=C\c3ccccc3)C2=O)cc1C. The molecule has 1 aliphatic rings. The molecule has 8 heteroatoms. The van der Waals surface area contributed by atoms with Crippen molar-refractivity contribution in [2.45, 2.75) is 13.8 Å². The van der Waals surface area contributed by atoms with Gasteiger partial charge >= 0.3 is 0 Å². The molecule has 2 N–H and O–H groups in total. The molecule has 2 aromatic rings. The highest BCUT2D eigenvalue weighted by atomic mass is 32.2. The summed E-state index contributed by atoms with van der Waals surface area (Å²) in [6.07, 6.45) is 1.67. The van der Waals surface area contributed by atoms with E-state index < -0.39 is 5.91 Å². The zero-order valence-corrected chi connectivity index (χ0v) is 18.1. The number of imide groups is 1. The van der Waals surface area contributed by atoms with Gasteiger partial charge in [-0.15, -0.1) is 0 Å². The first-order valence-electron chi connectivity index (χ1n) is 9.77. The van der Waals surface area contributed by atoms with E-state index in [9.17, 15) is 19.2 Å². The Balaban J connectivity index is 1.45. The van der Waals surface area contributed by atoms with Crippen LogP contribution in [0.25, 0.3) is 6.08 Å². The highest BCUT2D eigenvalue weighted by Gasteiger charge is 2.34. The van der Waals surface area contributed by atoms with Crippen molar-refractivity contribution in [2.24, 2.45) is 0 Å². The molecular formula is C23H23N3O4S. The number of hydrogen-bond acceptors (Lipinski definition) is 5. The minimum Gasteiger partial charge on any atom is -0.353 e. The van der Waals surface area contributed by atoms with Crippen molar-refractivity contribution in [2.75, 3.05) is 19.6 Å². The first kappa shape index (κ1) is 22.3. The molecule has 1 fully saturated rings. The molecule has 2 aromatic carbocycles.